The summed E-state index contributed by atoms with van der Waals surface area (Å²) in [5.74, 6) is 0.439. The maximum absolute atomic E-state index is 9.94. The van der Waals surface area contributed by atoms with Gasteiger partial charge in [-0.25, -0.2) is 0 Å². The van der Waals surface area contributed by atoms with Crippen LogP contribution in [0, 0.1) is 0 Å². The molecule has 0 radical (unpaired) electrons. The summed E-state index contributed by atoms with van der Waals surface area (Å²) < 4.78 is 6.33. The van der Waals surface area contributed by atoms with Crippen molar-refractivity contribution >= 4 is 15.9 Å². The van der Waals surface area contributed by atoms with Gasteiger partial charge in [-0.05, 0) is 29.8 Å². The summed E-state index contributed by atoms with van der Waals surface area (Å²) >= 11 is 3.33. The van der Waals surface area contributed by atoms with E-state index < -0.39 is 6.10 Å². The second-order valence-corrected chi connectivity index (χ2v) is 4.76. The van der Waals surface area contributed by atoms with Gasteiger partial charge in [0.05, 0.1) is 0 Å². The van der Waals surface area contributed by atoms with Crippen molar-refractivity contribution < 1.29 is 14.9 Å². The first-order chi connectivity index (χ1) is 8.66. The zero-order valence-electron chi connectivity index (χ0n) is 9.58. The van der Waals surface area contributed by atoms with E-state index in [-0.39, 0.29) is 12.4 Å². The minimum absolute atomic E-state index is 0.0699. The molecule has 2 rings (SSSR count). The lowest BCUT2D eigenvalue weighted by atomic mass is 10.1. The fraction of sp³-hybridized carbons (Fsp3) is 0.143. The molecule has 18 heavy (non-hydrogen) atoms. The van der Waals surface area contributed by atoms with E-state index in [1.54, 1.807) is 24.3 Å². The first-order valence-corrected chi connectivity index (χ1v) is 6.30. The third-order valence-electron chi connectivity index (χ3n) is 2.52. The number of hydrogen-bond donors (Lipinski definition) is 2. The van der Waals surface area contributed by atoms with Crippen LogP contribution in [0.5, 0.6) is 11.5 Å². The van der Waals surface area contributed by atoms with Crippen molar-refractivity contribution in [2.45, 2.75) is 6.10 Å². The Labute approximate surface area is 114 Å². The topological polar surface area (TPSA) is 49.7 Å². The van der Waals surface area contributed by atoms with Crippen LogP contribution in [0.4, 0.5) is 0 Å². The predicted octanol–water partition coefficient (Wildman–Crippen LogP) is 3.27. The van der Waals surface area contributed by atoms with Crippen molar-refractivity contribution in [3.8, 4) is 11.5 Å². The van der Waals surface area contributed by atoms with Gasteiger partial charge in [0.1, 0.15) is 12.7 Å². The van der Waals surface area contributed by atoms with E-state index in [1.165, 1.54) is 0 Å². The first-order valence-electron chi connectivity index (χ1n) is 5.51. The van der Waals surface area contributed by atoms with Gasteiger partial charge in [-0.1, -0.05) is 40.2 Å². The Morgan fingerprint density at radius 1 is 1.06 bits per heavy atom. The highest BCUT2D eigenvalue weighted by atomic mass is 79.9. The van der Waals surface area contributed by atoms with Crippen LogP contribution in [-0.4, -0.2) is 16.8 Å². The van der Waals surface area contributed by atoms with Gasteiger partial charge < -0.3 is 14.9 Å². The summed E-state index contributed by atoms with van der Waals surface area (Å²) in [7, 11) is 0. The lowest BCUT2D eigenvalue weighted by Gasteiger charge is -2.13. The number of hydrogen-bond acceptors (Lipinski definition) is 3. The number of rotatable bonds is 4. The van der Waals surface area contributed by atoms with Gasteiger partial charge >= 0.3 is 0 Å². The highest BCUT2D eigenvalue weighted by Gasteiger charge is 2.09. The van der Waals surface area contributed by atoms with Crippen LogP contribution in [0.3, 0.4) is 0 Å². The fourth-order valence-corrected chi connectivity index (χ4v) is 1.79. The van der Waals surface area contributed by atoms with Crippen LogP contribution < -0.4 is 4.74 Å². The molecule has 0 bridgehead atoms. The Morgan fingerprint density at radius 3 is 2.39 bits per heavy atom. The molecule has 2 N–H and O–H groups in total. The van der Waals surface area contributed by atoms with E-state index in [1.807, 2.05) is 24.3 Å². The molecule has 0 saturated carbocycles. The molecule has 0 aliphatic rings. The van der Waals surface area contributed by atoms with E-state index in [9.17, 15) is 10.2 Å². The number of aromatic hydroxyl groups is 1. The normalized spacial score (nSPS) is 12.1. The standard InChI is InChI=1S/C14H13BrO3/c15-11-7-5-10(6-8-11)13(17)9-18-14-4-2-1-3-12(14)16/h1-8,13,16-17H,9H2/t13-/m0/s1. The first kappa shape index (κ1) is 12.9. The van der Waals surface area contributed by atoms with Crippen molar-refractivity contribution in [3.63, 3.8) is 0 Å². The molecular formula is C14H13BrO3. The quantitative estimate of drug-likeness (QED) is 0.911. The predicted molar refractivity (Wildman–Crippen MR) is 72.7 cm³/mol. The van der Waals surface area contributed by atoms with Gasteiger partial charge in [0.15, 0.2) is 11.5 Å². The highest BCUT2D eigenvalue weighted by molar-refractivity contribution is 9.10. The molecule has 94 valence electrons. The number of phenols is 1. The van der Waals surface area contributed by atoms with Gasteiger partial charge in [-0.15, -0.1) is 0 Å². The van der Waals surface area contributed by atoms with Crippen LogP contribution in [0.2, 0.25) is 0 Å². The Balaban J connectivity index is 1.98. The Morgan fingerprint density at radius 2 is 1.72 bits per heavy atom. The summed E-state index contributed by atoms with van der Waals surface area (Å²) in [4.78, 5) is 0. The molecule has 0 aromatic heterocycles. The molecule has 0 fully saturated rings. The monoisotopic (exact) mass is 308 g/mol. The zero-order valence-corrected chi connectivity index (χ0v) is 11.2. The van der Waals surface area contributed by atoms with Gasteiger partial charge in [0.25, 0.3) is 0 Å². The summed E-state index contributed by atoms with van der Waals surface area (Å²) in [6.45, 7) is 0.0964. The summed E-state index contributed by atoms with van der Waals surface area (Å²) in [6.07, 6.45) is -0.724. The summed E-state index contributed by atoms with van der Waals surface area (Å²) in [6, 6.07) is 14.0. The molecule has 0 saturated heterocycles. The van der Waals surface area contributed by atoms with Crippen LogP contribution in [-0.2, 0) is 0 Å². The second-order valence-electron chi connectivity index (χ2n) is 3.85. The van der Waals surface area contributed by atoms with E-state index in [2.05, 4.69) is 15.9 Å². The van der Waals surface area contributed by atoms with Gasteiger partial charge in [-0.3, -0.25) is 0 Å². The molecular weight excluding hydrogens is 296 g/mol. The van der Waals surface area contributed by atoms with Crippen molar-refractivity contribution in [1.82, 2.24) is 0 Å². The minimum Gasteiger partial charge on any atom is -0.504 e. The number of aliphatic hydroxyl groups is 1. The number of ether oxygens (including phenoxy) is 1. The Hall–Kier alpha value is -1.52. The van der Waals surface area contributed by atoms with E-state index in [0.29, 0.717) is 5.75 Å². The number of benzene rings is 2. The third kappa shape index (κ3) is 3.24. The number of para-hydroxylation sites is 2. The third-order valence-corrected chi connectivity index (χ3v) is 3.05. The van der Waals surface area contributed by atoms with Crippen LogP contribution >= 0.6 is 15.9 Å². The maximum Gasteiger partial charge on any atom is 0.161 e. The molecule has 1 atom stereocenters. The lowest BCUT2D eigenvalue weighted by Crippen LogP contribution is -2.09. The smallest absolute Gasteiger partial charge is 0.161 e. The van der Waals surface area contributed by atoms with Gasteiger partial charge in [-0.2, -0.15) is 0 Å². The summed E-state index contributed by atoms with van der Waals surface area (Å²) in [5, 5.41) is 19.5. The second kappa shape index (κ2) is 5.89. The van der Waals surface area contributed by atoms with Crippen molar-refractivity contribution in [2.75, 3.05) is 6.61 Å². The Bertz CT molecular complexity index is 511. The average Bonchev–Trinajstić information content (AvgIpc) is 2.38. The maximum atomic E-state index is 9.94. The largest absolute Gasteiger partial charge is 0.504 e. The number of phenolic OH excluding ortho intramolecular Hbond substituents is 1. The molecule has 2 aromatic carbocycles. The molecule has 0 heterocycles. The van der Waals surface area contributed by atoms with Gasteiger partial charge in [0.2, 0.25) is 0 Å². The molecule has 4 heteroatoms. The molecule has 0 aliphatic heterocycles. The zero-order chi connectivity index (χ0) is 13.0. The summed E-state index contributed by atoms with van der Waals surface area (Å²) in [5.41, 5.74) is 0.772. The van der Waals surface area contributed by atoms with Gasteiger partial charge in [0, 0.05) is 4.47 Å². The number of aliphatic hydroxyl groups excluding tert-OH is 1. The SMILES string of the molecule is Oc1ccccc1OC[C@H](O)c1ccc(Br)cc1. The fourth-order valence-electron chi connectivity index (χ4n) is 1.53. The average molecular weight is 309 g/mol. The van der Waals surface area contributed by atoms with E-state index in [4.69, 9.17) is 4.74 Å². The minimum atomic E-state index is -0.724. The molecule has 0 amide bonds. The van der Waals surface area contributed by atoms with Crippen LogP contribution in [0.25, 0.3) is 0 Å². The van der Waals surface area contributed by atoms with Crippen LogP contribution in [0.15, 0.2) is 53.0 Å². The molecule has 0 unspecified atom stereocenters. The molecule has 0 aliphatic carbocycles. The molecule has 3 nitrogen and oxygen atoms in total. The van der Waals surface area contributed by atoms with E-state index in [0.717, 1.165) is 10.0 Å². The Kier molecular flexibility index (Phi) is 4.23. The van der Waals surface area contributed by atoms with Crippen molar-refractivity contribution in [3.05, 3.63) is 58.6 Å². The molecule has 0 spiro atoms. The van der Waals surface area contributed by atoms with Crippen molar-refractivity contribution in [2.24, 2.45) is 0 Å². The lowest BCUT2D eigenvalue weighted by molar-refractivity contribution is 0.106. The van der Waals surface area contributed by atoms with Crippen LogP contribution in [0.1, 0.15) is 11.7 Å². The van der Waals surface area contributed by atoms with E-state index >= 15 is 0 Å². The highest BCUT2D eigenvalue weighted by Crippen LogP contribution is 2.26. The van der Waals surface area contributed by atoms with Crippen molar-refractivity contribution in [1.29, 1.82) is 0 Å². The molecule has 2 aromatic rings. The number of halogens is 1.